The zero-order valence-electron chi connectivity index (χ0n) is 14.3. The Morgan fingerprint density at radius 3 is 2.65 bits per heavy atom. The number of carbonyl (C=O) groups excluding carboxylic acids is 1. The number of carbonyl (C=O) groups is 1. The molecule has 6 nitrogen and oxygen atoms in total. The van der Waals surface area contributed by atoms with Crippen LogP contribution in [0, 0.1) is 5.82 Å². The van der Waals surface area contributed by atoms with Crippen LogP contribution in [0.1, 0.15) is 12.5 Å². The highest BCUT2D eigenvalue weighted by molar-refractivity contribution is 5.88. The number of rotatable bonds is 5. The molecular formula is C19H19FN4O2. The second-order valence-electron chi connectivity index (χ2n) is 5.58. The molecule has 0 saturated heterocycles. The zero-order valence-corrected chi connectivity index (χ0v) is 14.3. The molecule has 134 valence electrons. The summed E-state index contributed by atoms with van der Waals surface area (Å²) >= 11 is 0. The fraction of sp³-hybridized carbons (Fsp3) is 0.158. The molecule has 1 heterocycles. The topological polar surface area (TPSA) is 89.3 Å². The average Bonchev–Trinajstić information content (AvgIpc) is 2.64. The minimum absolute atomic E-state index is 0.173. The Morgan fingerprint density at radius 2 is 1.92 bits per heavy atom. The Bertz CT molecular complexity index is 946. The van der Waals surface area contributed by atoms with E-state index in [4.69, 9.17) is 10.5 Å². The smallest absolute Gasteiger partial charge is 0.411 e. The minimum atomic E-state index is -0.584. The number of nitrogens with one attached hydrogen (secondary N) is 2. The molecule has 1 amide bonds. The van der Waals surface area contributed by atoms with Crippen molar-refractivity contribution in [3.63, 3.8) is 0 Å². The highest BCUT2D eigenvalue weighted by Gasteiger charge is 2.09. The second-order valence-corrected chi connectivity index (χ2v) is 5.58. The largest absolute Gasteiger partial charge is 0.450 e. The maximum atomic E-state index is 13.9. The summed E-state index contributed by atoms with van der Waals surface area (Å²) in [6.45, 7) is 2.44. The summed E-state index contributed by atoms with van der Waals surface area (Å²) in [4.78, 5) is 15.7. The summed E-state index contributed by atoms with van der Waals surface area (Å²) in [7, 11) is 0. The van der Waals surface area contributed by atoms with Gasteiger partial charge >= 0.3 is 6.09 Å². The number of anilines is 3. The van der Waals surface area contributed by atoms with E-state index in [0.717, 1.165) is 10.9 Å². The lowest BCUT2D eigenvalue weighted by Crippen LogP contribution is -2.15. The van der Waals surface area contributed by atoms with Gasteiger partial charge in [-0.2, -0.15) is 0 Å². The van der Waals surface area contributed by atoms with Crippen LogP contribution in [0.5, 0.6) is 0 Å². The number of amides is 1. The average molecular weight is 354 g/mol. The van der Waals surface area contributed by atoms with E-state index in [1.54, 1.807) is 37.3 Å². The van der Waals surface area contributed by atoms with Crippen LogP contribution >= 0.6 is 0 Å². The lowest BCUT2D eigenvalue weighted by Gasteiger charge is -2.12. The van der Waals surface area contributed by atoms with Crippen LogP contribution in [0.3, 0.4) is 0 Å². The number of aromatic nitrogens is 1. The van der Waals surface area contributed by atoms with Crippen molar-refractivity contribution >= 4 is 34.2 Å². The molecule has 0 radical (unpaired) electrons. The Morgan fingerprint density at radius 1 is 1.15 bits per heavy atom. The molecule has 0 spiro atoms. The van der Waals surface area contributed by atoms with Gasteiger partial charge in [0, 0.05) is 11.9 Å². The van der Waals surface area contributed by atoms with Gasteiger partial charge in [-0.3, -0.25) is 5.32 Å². The van der Waals surface area contributed by atoms with Crippen LogP contribution in [0.15, 0.2) is 48.5 Å². The summed E-state index contributed by atoms with van der Waals surface area (Å²) in [6, 6.07) is 13.8. The second kappa shape index (κ2) is 7.69. The molecule has 2 aromatic carbocycles. The molecule has 7 heteroatoms. The standard InChI is InChI=1S/C19H19FN4O2/c1-2-26-19(25)23-16-9-10-17(24-18(16)21)22-11-12-7-8-15(20)14-6-4-3-5-13(12)14/h3-10H,2,11H2,1H3,(H,23,25)(H3,21,22,24). The van der Waals surface area contributed by atoms with Crippen LogP contribution in [0.4, 0.5) is 26.5 Å². The van der Waals surface area contributed by atoms with E-state index >= 15 is 0 Å². The summed E-state index contributed by atoms with van der Waals surface area (Å²) in [5.41, 5.74) is 7.19. The molecule has 0 saturated carbocycles. The number of nitrogens with two attached hydrogens (primary N) is 1. The summed E-state index contributed by atoms with van der Waals surface area (Å²) in [5, 5.41) is 7.10. The minimum Gasteiger partial charge on any atom is -0.450 e. The number of halogens is 1. The van der Waals surface area contributed by atoms with E-state index in [2.05, 4.69) is 15.6 Å². The SMILES string of the molecule is CCOC(=O)Nc1ccc(NCc2ccc(F)c3ccccc23)nc1N. The first-order chi connectivity index (χ1) is 12.6. The van der Waals surface area contributed by atoms with Gasteiger partial charge in [0.2, 0.25) is 0 Å². The van der Waals surface area contributed by atoms with E-state index in [1.807, 2.05) is 12.1 Å². The van der Waals surface area contributed by atoms with Gasteiger partial charge < -0.3 is 15.8 Å². The normalized spacial score (nSPS) is 10.5. The van der Waals surface area contributed by atoms with Crippen LogP contribution in [-0.2, 0) is 11.3 Å². The van der Waals surface area contributed by atoms with Gasteiger partial charge in [-0.25, -0.2) is 14.2 Å². The first kappa shape index (κ1) is 17.5. The van der Waals surface area contributed by atoms with Crippen LogP contribution < -0.4 is 16.4 Å². The molecular weight excluding hydrogens is 335 g/mol. The van der Waals surface area contributed by atoms with Crippen molar-refractivity contribution in [2.24, 2.45) is 0 Å². The van der Waals surface area contributed by atoms with Gasteiger partial charge in [-0.05, 0) is 36.1 Å². The van der Waals surface area contributed by atoms with Crippen molar-refractivity contribution in [1.82, 2.24) is 4.98 Å². The molecule has 0 aliphatic rings. The monoisotopic (exact) mass is 354 g/mol. The lowest BCUT2D eigenvalue weighted by molar-refractivity contribution is 0.168. The van der Waals surface area contributed by atoms with Crippen molar-refractivity contribution in [3.8, 4) is 0 Å². The number of ether oxygens (including phenoxy) is 1. The molecule has 4 N–H and O–H groups in total. The van der Waals surface area contributed by atoms with Crippen molar-refractivity contribution in [1.29, 1.82) is 0 Å². The van der Waals surface area contributed by atoms with Crippen molar-refractivity contribution in [2.75, 3.05) is 23.0 Å². The molecule has 3 aromatic rings. The molecule has 0 aliphatic heterocycles. The number of hydrogen-bond acceptors (Lipinski definition) is 5. The number of pyridine rings is 1. The number of fused-ring (bicyclic) bond motifs is 1. The summed E-state index contributed by atoms with van der Waals surface area (Å²) in [6.07, 6.45) is -0.584. The predicted octanol–water partition coefficient (Wildman–Crippen LogP) is 4.14. The van der Waals surface area contributed by atoms with E-state index in [9.17, 15) is 9.18 Å². The third-order valence-electron chi connectivity index (χ3n) is 3.86. The Balaban J connectivity index is 1.74. The van der Waals surface area contributed by atoms with E-state index in [0.29, 0.717) is 23.4 Å². The van der Waals surface area contributed by atoms with Crippen molar-refractivity contribution in [2.45, 2.75) is 13.5 Å². The van der Waals surface area contributed by atoms with Crippen molar-refractivity contribution < 1.29 is 13.9 Å². The van der Waals surface area contributed by atoms with Gasteiger partial charge in [0.25, 0.3) is 0 Å². The third-order valence-corrected chi connectivity index (χ3v) is 3.86. The molecule has 26 heavy (non-hydrogen) atoms. The highest BCUT2D eigenvalue weighted by Crippen LogP contribution is 2.23. The summed E-state index contributed by atoms with van der Waals surface area (Å²) < 4.78 is 18.7. The Hall–Kier alpha value is -3.35. The fourth-order valence-corrected chi connectivity index (χ4v) is 2.62. The molecule has 0 aliphatic carbocycles. The fourth-order valence-electron chi connectivity index (χ4n) is 2.62. The molecule has 0 atom stereocenters. The Labute approximate surface area is 150 Å². The molecule has 1 aromatic heterocycles. The third kappa shape index (κ3) is 3.83. The van der Waals surface area contributed by atoms with Crippen molar-refractivity contribution in [3.05, 3.63) is 59.9 Å². The Kier molecular flexibility index (Phi) is 5.17. The maximum Gasteiger partial charge on any atom is 0.411 e. The predicted molar refractivity (Wildman–Crippen MR) is 101 cm³/mol. The van der Waals surface area contributed by atoms with E-state index in [1.165, 1.54) is 6.07 Å². The van der Waals surface area contributed by atoms with Gasteiger partial charge in [0.15, 0.2) is 0 Å². The van der Waals surface area contributed by atoms with E-state index in [-0.39, 0.29) is 18.2 Å². The lowest BCUT2D eigenvalue weighted by atomic mass is 10.0. The number of nitrogens with zero attached hydrogens (tertiary/aromatic N) is 1. The van der Waals surface area contributed by atoms with Crippen LogP contribution in [-0.4, -0.2) is 17.7 Å². The molecule has 0 fully saturated rings. The van der Waals surface area contributed by atoms with Gasteiger partial charge in [0.05, 0.1) is 12.3 Å². The van der Waals surface area contributed by atoms with Crippen LogP contribution in [0.2, 0.25) is 0 Å². The molecule has 3 rings (SSSR count). The first-order valence-electron chi connectivity index (χ1n) is 8.18. The number of hydrogen-bond donors (Lipinski definition) is 3. The zero-order chi connectivity index (χ0) is 18.5. The first-order valence-corrected chi connectivity index (χ1v) is 8.18. The number of benzene rings is 2. The van der Waals surface area contributed by atoms with Gasteiger partial charge in [-0.1, -0.05) is 30.3 Å². The number of nitrogen functional groups attached to an aromatic ring is 1. The van der Waals surface area contributed by atoms with Crippen LogP contribution in [0.25, 0.3) is 10.8 Å². The molecule has 0 unspecified atom stereocenters. The quantitative estimate of drug-likeness (QED) is 0.641. The van der Waals surface area contributed by atoms with E-state index < -0.39 is 6.09 Å². The maximum absolute atomic E-state index is 13.9. The summed E-state index contributed by atoms with van der Waals surface area (Å²) in [5.74, 6) is 0.471. The molecule has 0 bridgehead atoms. The highest BCUT2D eigenvalue weighted by atomic mass is 19.1. The van der Waals surface area contributed by atoms with Gasteiger partial charge in [-0.15, -0.1) is 0 Å². The van der Waals surface area contributed by atoms with Gasteiger partial charge in [0.1, 0.15) is 17.5 Å².